The molecule has 5 rings (SSSR count). The van der Waals surface area contributed by atoms with Gasteiger partial charge in [-0.25, -0.2) is 0 Å². The van der Waals surface area contributed by atoms with Gasteiger partial charge < -0.3 is 14.6 Å². The maximum Gasteiger partial charge on any atom is 0.195 e. The van der Waals surface area contributed by atoms with Crippen LogP contribution in [0.15, 0.2) is 30.3 Å². The average molecular weight is 427 g/mol. The third kappa shape index (κ3) is 3.24. The van der Waals surface area contributed by atoms with Crippen LogP contribution in [0.2, 0.25) is 0 Å². The molecular weight excluding hydrogens is 396 g/mol. The van der Waals surface area contributed by atoms with Crippen LogP contribution in [0.4, 0.5) is 5.69 Å². The maximum atomic E-state index is 13.8. The number of unbranched alkanes of at least 4 members (excludes halogenated alkanes) is 1. The number of rotatable bonds is 2. The molecular formula is C28H30N2O2. The Morgan fingerprint density at radius 3 is 2.69 bits per heavy atom. The quantitative estimate of drug-likeness (QED) is 0.563. The van der Waals surface area contributed by atoms with Gasteiger partial charge in [0.05, 0.1) is 24.5 Å². The van der Waals surface area contributed by atoms with Crippen molar-refractivity contribution >= 4 is 22.4 Å². The van der Waals surface area contributed by atoms with Crippen LogP contribution in [0.1, 0.15) is 71.9 Å². The van der Waals surface area contributed by atoms with Gasteiger partial charge in [0.2, 0.25) is 0 Å². The number of morpholine rings is 1. The van der Waals surface area contributed by atoms with E-state index in [1.165, 1.54) is 5.56 Å². The summed E-state index contributed by atoms with van der Waals surface area (Å²) in [6.45, 7) is 11.8. The molecule has 0 atom stereocenters. The van der Waals surface area contributed by atoms with Crippen LogP contribution in [0.25, 0.3) is 10.9 Å². The number of benzene rings is 2. The van der Waals surface area contributed by atoms with Gasteiger partial charge in [0.25, 0.3) is 0 Å². The maximum absolute atomic E-state index is 13.8. The molecule has 0 radical (unpaired) electrons. The Balaban J connectivity index is 1.73. The van der Waals surface area contributed by atoms with Crippen molar-refractivity contribution in [3.63, 3.8) is 0 Å². The molecule has 2 heterocycles. The van der Waals surface area contributed by atoms with E-state index < -0.39 is 0 Å². The zero-order valence-corrected chi connectivity index (χ0v) is 19.4. The first kappa shape index (κ1) is 20.8. The zero-order chi connectivity index (χ0) is 22.5. The van der Waals surface area contributed by atoms with Crippen LogP contribution >= 0.6 is 0 Å². The number of carbonyl (C=O) groups excluding carboxylic acids is 1. The zero-order valence-electron chi connectivity index (χ0n) is 19.4. The van der Waals surface area contributed by atoms with Gasteiger partial charge in [0, 0.05) is 52.6 Å². The van der Waals surface area contributed by atoms with Crippen molar-refractivity contribution in [2.75, 3.05) is 31.2 Å². The van der Waals surface area contributed by atoms with Gasteiger partial charge >= 0.3 is 0 Å². The molecule has 4 heteroatoms. The predicted octanol–water partition coefficient (Wildman–Crippen LogP) is 5.33. The van der Waals surface area contributed by atoms with E-state index in [9.17, 15) is 4.79 Å². The fourth-order valence-corrected chi connectivity index (χ4v) is 5.03. The third-order valence-corrected chi connectivity index (χ3v) is 6.81. The molecule has 1 aromatic heterocycles. The normalized spacial score (nSPS) is 17.0. The van der Waals surface area contributed by atoms with E-state index in [0.717, 1.165) is 70.5 Å². The number of ketones is 1. The van der Waals surface area contributed by atoms with E-state index in [4.69, 9.17) is 4.74 Å². The monoisotopic (exact) mass is 426 g/mol. The number of H-pyrrole nitrogens is 1. The number of nitrogens with zero attached hydrogens (tertiary/aromatic N) is 1. The second-order valence-corrected chi connectivity index (χ2v) is 9.44. The van der Waals surface area contributed by atoms with Crippen LogP contribution in [0.5, 0.6) is 0 Å². The van der Waals surface area contributed by atoms with Crippen molar-refractivity contribution in [1.29, 1.82) is 0 Å². The van der Waals surface area contributed by atoms with Crippen molar-refractivity contribution in [3.05, 3.63) is 63.8 Å². The van der Waals surface area contributed by atoms with E-state index >= 15 is 0 Å². The second kappa shape index (κ2) is 7.83. The Bertz CT molecular complexity index is 1280. The van der Waals surface area contributed by atoms with Crippen LogP contribution in [0, 0.1) is 18.8 Å². The molecule has 2 aliphatic rings. The Kier molecular flexibility index (Phi) is 5.10. The minimum absolute atomic E-state index is 0.0940. The lowest BCUT2D eigenvalue weighted by Gasteiger charge is -2.35. The Morgan fingerprint density at radius 2 is 1.94 bits per heavy atom. The molecule has 164 valence electrons. The van der Waals surface area contributed by atoms with Crippen molar-refractivity contribution in [2.45, 2.75) is 46.0 Å². The smallest absolute Gasteiger partial charge is 0.195 e. The summed E-state index contributed by atoms with van der Waals surface area (Å²) in [5.74, 6) is 6.77. The third-order valence-electron chi connectivity index (χ3n) is 6.81. The van der Waals surface area contributed by atoms with E-state index in [1.54, 1.807) is 0 Å². The van der Waals surface area contributed by atoms with Crippen LogP contribution < -0.4 is 4.90 Å². The number of hydrogen-bond donors (Lipinski definition) is 1. The van der Waals surface area contributed by atoms with Crippen LogP contribution in [-0.4, -0.2) is 37.1 Å². The molecule has 1 N–H and O–H groups in total. The van der Waals surface area contributed by atoms with Gasteiger partial charge in [-0.15, -0.1) is 0 Å². The Labute approximate surface area is 190 Å². The summed E-state index contributed by atoms with van der Waals surface area (Å²) >= 11 is 0. The fourth-order valence-electron chi connectivity index (χ4n) is 5.03. The first-order valence-electron chi connectivity index (χ1n) is 11.6. The van der Waals surface area contributed by atoms with Gasteiger partial charge in [-0.3, -0.25) is 4.79 Å². The summed E-state index contributed by atoms with van der Waals surface area (Å²) in [4.78, 5) is 19.8. The van der Waals surface area contributed by atoms with Crippen LogP contribution in [-0.2, 0) is 10.2 Å². The second-order valence-electron chi connectivity index (χ2n) is 9.44. The highest BCUT2D eigenvalue weighted by atomic mass is 16.5. The summed E-state index contributed by atoms with van der Waals surface area (Å²) in [7, 11) is 0. The minimum Gasteiger partial charge on any atom is -0.378 e. The molecule has 2 aromatic carbocycles. The van der Waals surface area contributed by atoms with E-state index in [1.807, 2.05) is 6.07 Å². The Hall–Kier alpha value is -3.03. The molecule has 0 saturated carbocycles. The minimum atomic E-state index is -0.318. The van der Waals surface area contributed by atoms with Gasteiger partial charge in [-0.05, 0) is 42.7 Å². The Morgan fingerprint density at radius 1 is 1.16 bits per heavy atom. The largest absolute Gasteiger partial charge is 0.378 e. The highest BCUT2D eigenvalue weighted by molar-refractivity contribution is 6.20. The fraction of sp³-hybridized carbons (Fsp3) is 0.393. The summed E-state index contributed by atoms with van der Waals surface area (Å²) in [5.41, 5.74) is 7.62. The van der Waals surface area contributed by atoms with Crippen molar-refractivity contribution < 1.29 is 9.53 Å². The lowest BCUT2D eigenvalue weighted by molar-refractivity contribution is 0.103. The highest BCUT2D eigenvalue weighted by Gasteiger charge is 2.40. The molecule has 32 heavy (non-hydrogen) atoms. The molecule has 0 unspecified atom stereocenters. The van der Waals surface area contributed by atoms with Gasteiger partial charge in [0.15, 0.2) is 5.78 Å². The standard InChI is InChI=1S/C28H30N2O2/c1-5-6-7-8-19-16-21-22(17-24(19)30-11-13-32-14-12-30)28(3,4)27-25(26(21)31)20-10-9-18(2)15-23(20)29-27/h9-10,15-17,29H,5-6,11-14H2,1-4H3. The summed E-state index contributed by atoms with van der Waals surface area (Å²) in [6.07, 6.45) is 1.87. The highest BCUT2D eigenvalue weighted by Crippen LogP contribution is 2.45. The number of fused-ring (bicyclic) bond motifs is 4. The number of aromatic amines is 1. The molecule has 0 amide bonds. The number of aromatic nitrogens is 1. The van der Waals surface area contributed by atoms with Gasteiger partial charge in [0.1, 0.15) is 0 Å². The lowest BCUT2D eigenvalue weighted by Crippen LogP contribution is -2.37. The molecule has 1 aliphatic heterocycles. The lowest BCUT2D eigenvalue weighted by atomic mass is 9.70. The van der Waals surface area contributed by atoms with Crippen molar-refractivity contribution in [2.24, 2.45) is 0 Å². The number of nitrogens with one attached hydrogen (secondary N) is 1. The van der Waals surface area contributed by atoms with Crippen molar-refractivity contribution in [1.82, 2.24) is 4.98 Å². The van der Waals surface area contributed by atoms with Crippen molar-refractivity contribution in [3.8, 4) is 11.8 Å². The molecule has 1 saturated heterocycles. The molecule has 3 aromatic rings. The predicted molar refractivity (Wildman–Crippen MR) is 130 cm³/mol. The van der Waals surface area contributed by atoms with Crippen LogP contribution in [0.3, 0.4) is 0 Å². The first-order chi connectivity index (χ1) is 15.4. The molecule has 1 aliphatic carbocycles. The number of aryl methyl sites for hydroxylation is 1. The topological polar surface area (TPSA) is 45.3 Å². The number of hydrogen-bond acceptors (Lipinski definition) is 3. The van der Waals surface area contributed by atoms with E-state index in [0.29, 0.717) is 13.2 Å². The van der Waals surface area contributed by atoms with E-state index in [-0.39, 0.29) is 11.2 Å². The van der Waals surface area contributed by atoms with Gasteiger partial charge in [-0.1, -0.05) is 44.7 Å². The molecule has 0 spiro atoms. The number of carbonyl (C=O) groups is 1. The summed E-state index contributed by atoms with van der Waals surface area (Å²) in [5, 5.41) is 1.00. The molecule has 4 nitrogen and oxygen atoms in total. The summed E-state index contributed by atoms with van der Waals surface area (Å²) in [6, 6.07) is 10.5. The average Bonchev–Trinajstić information content (AvgIpc) is 3.18. The summed E-state index contributed by atoms with van der Waals surface area (Å²) < 4.78 is 5.58. The SMILES string of the molecule is CCCC#Cc1cc2c(cc1N1CCOCC1)C(C)(C)c1[nH]c3cc(C)ccc3c1C2=O. The first-order valence-corrected chi connectivity index (χ1v) is 11.6. The number of anilines is 1. The van der Waals surface area contributed by atoms with E-state index in [2.05, 4.69) is 73.7 Å². The van der Waals surface area contributed by atoms with Gasteiger partial charge in [-0.2, -0.15) is 0 Å². The molecule has 1 fully saturated rings. The number of ether oxygens (including phenoxy) is 1. The molecule has 0 bridgehead atoms.